The number of rotatable bonds is 2. The van der Waals surface area contributed by atoms with Crippen LogP contribution in [0.2, 0.25) is 0 Å². The second-order valence-electron chi connectivity index (χ2n) is 2.89. The van der Waals surface area contributed by atoms with Crippen molar-refractivity contribution < 1.29 is 4.92 Å². The van der Waals surface area contributed by atoms with Gasteiger partial charge in [-0.3, -0.25) is 10.1 Å². The van der Waals surface area contributed by atoms with Crippen molar-refractivity contribution in [2.24, 2.45) is 0 Å². The number of non-ortho nitro benzene ring substituents is 1. The Morgan fingerprint density at radius 1 is 1.27 bits per heavy atom. The SMILES string of the molecule is Cc1cc(C(Cl)=C(Cl)Cl)cc([N+](=O)[O-])c1. The highest BCUT2D eigenvalue weighted by Crippen LogP contribution is 2.30. The number of nitro benzene ring substituents is 1. The van der Waals surface area contributed by atoms with Crippen molar-refractivity contribution in [3.05, 3.63) is 43.9 Å². The van der Waals surface area contributed by atoms with Crippen molar-refractivity contribution >= 4 is 45.5 Å². The first-order chi connectivity index (χ1) is 6.91. The molecular formula is C9H6Cl3NO2. The summed E-state index contributed by atoms with van der Waals surface area (Å²) in [5.74, 6) is 0. The van der Waals surface area contributed by atoms with Gasteiger partial charge in [-0.05, 0) is 18.6 Å². The molecule has 0 saturated carbocycles. The molecule has 0 saturated heterocycles. The normalized spacial score (nSPS) is 9.87. The summed E-state index contributed by atoms with van der Waals surface area (Å²) in [6.07, 6.45) is 0. The van der Waals surface area contributed by atoms with Gasteiger partial charge in [0.25, 0.3) is 5.69 Å². The van der Waals surface area contributed by atoms with E-state index in [-0.39, 0.29) is 15.2 Å². The maximum atomic E-state index is 10.6. The predicted octanol–water partition coefficient (Wildman–Crippen LogP) is 4.25. The molecule has 0 N–H and O–H groups in total. The predicted molar refractivity (Wildman–Crippen MR) is 62.3 cm³/mol. The number of hydrogen-bond donors (Lipinski definition) is 0. The Balaban J connectivity index is 3.33. The van der Waals surface area contributed by atoms with Gasteiger partial charge in [0.05, 0.1) is 9.96 Å². The zero-order valence-corrected chi connectivity index (χ0v) is 9.90. The summed E-state index contributed by atoms with van der Waals surface area (Å²) in [7, 11) is 0. The standard InChI is InChI=1S/C9H6Cl3NO2/c1-5-2-6(8(10)9(11)12)4-7(3-5)13(14)15/h2-4H,1H3. The first-order valence-corrected chi connectivity index (χ1v) is 5.02. The van der Waals surface area contributed by atoms with Gasteiger partial charge in [0.2, 0.25) is 0 Å². The van der Waals surface area contributed by atoms with Crippen molar-refractivity contribution in [2.75, 3.05) is 0 Å². The molecule has 15 heavy (non-hydrogen) atoms. The monoisotopic (exact) mass is 265 g/mol. The number of aryl methyl sites for hydroxylation is 1. The zero-order chi connectivity index (χ0) is 11.6. The number of halogens is 3. The summed E-state index contributed by atoms with van der Waals surface area (Å²) in [5.41, 5.74) is 1.10. The third kappa shape index (κ3) is 3.09. The second kappa shape index (κ2) is 4.84. The molecule has 0 fully saturated rings. The van der Waals surface area contributed by atoms with Crippen LogP contribution < -0.4 is 0 Å². The largest absolute Gasteiger partial charge is 0.270 e. The fourth-order valence-corrected chi connectivity index (χ4v) is 1.43. The maximum absolute atomic E-state index is 10.6. The Bertz CT molecular complexity index is 439. The Kier molecular flexibility index (Phi) is 3.97. The van der Waals surface area contributed by atoms with Gasteiger partial charge in [-0.25, -0.2) is 0 Å². The molecule has 0 heterocycles. The van der Waals surface area contributed by atoms with Crippen LogP contribution in [0.3, 0.4) is 0 Å². The number of nitro groups is 1. The minimum absolute atomic E-state index is 0.0438. The van der Waals surface area contributed by atoms with Gasteiger partial charge >= 0.3 is 0 Å². The lowest BCUT2D eigenvalue weighted by Crippen LogP contribution is -1.90. The van der Waals surface area contributed by atoms with Gasteiger partial charge in [-0.2, -0.15) is 0 Å². The fourth-order valence-electron chi connectivity index (χ4n) is 1.10. The average Bonchev–Trinajstić information content (AvgIpc) is 2.15. The third-order valence-electron chi connectivity index (χ3n) is 1.69. The molecule has 1 aromatic carbocycles. The maximum Gasteiger partial charge on any atom is 0.270 e. The van der Waals surface area contributed by atoms with E-state index in [0.29, 0.717) is 11.1 Å². The van der Waals surface area contributed by atoms with Crippen LogP contribution in [0.4, 0.5) is 5.69 Å². The first kappa shape index (κ1) is 12.3. The Morgan fingerprint density at radius 3 is 2.33 bits per heavy atom. The van der Waals surface area contributed by atoms with Crippen LogP contribution in [-0.2, 0) is 0 Å². The molecule has 0 aromatic heterocycles. The Morgan fingerprint density at radius 2 is 1.87 bits per heavy atom. The fraction of sp³-hybridized carbons (Fsp3) is 0.111. The van der Waals surface area contributed by atoms with Crippen LogP contribution in [0, 0.1) is 17.0 Å². The molecule has 0 amide bonds. The average molecular weight is 267 g/mol. The van der Waals surface area contributed by atoms with Crippen molar-refractivity contribution in [3.8, 4) is 0 Å². The van der Waals surface area contributed by atoms with Crippen molar-refractivity contribution in [3.63, 3.8) is 0 Å². The van der Waals surface area contributed by atoms with E-state index in [2.05, 4.69) is 0 Å². The highest BCUT2D eigenvalue weighted by atomic mass is 35.5. The minimum Gasteiger partial charge on any atom is -0.258 e. The Hall–Kier alpha value is -0.770. The lowest BCUT2D eigenvalue weighted by Gasteiger charge is -2.01. The summed E-state index contributed by atoms with van der Waals surface area (Å²) in [4.78, 5) is 10.1. The van der Waals surface area contributed by atoms with Gasteiger partial charge in [0, 0.05) is 17.7 Å². The molecule has 0 unspecified atom stereocenters. The lowest BCUT2D eigenvalue weighted by molar-refractivity contribution is -0.384. The molecule has 0 bridgehead atoms. The molecule has 0 aliphatic carbocycles. The summed E-state index contributed by atoms with van der Waals surface area (Å²) >= 11 is 16.8. The molecule has 3 nitrogen and oxygen atoms in total. The summed E-state index contributed by atoms with van der Waals surface area (Å²) in [6.45, 7) is 1.73. The zero-order valence-electron chi connectivity index (χ0n) is 7.63. The summed E-state index contributed by atoms with van der Waals surface area (Å²) in [6, 6.07) is 4.43. The van der Waals surface area contributed by atoms with E-state index in [0.717, 1.165) is 0 Å². The molecule has 80 valence electrons. The lowest BCUT2D eigenvalue weighted by atomic mass is 10.1. The van der Waals surface area contributed by atoms with E-state index < -0.39 is 4.92 Å². The minimum atomic E-state index is -0.497. The van der Waals surface area contributed by atoms with E-state index in [1.54, 1.807) is 13.0 Å². The van der Waals surface area contributed by atoms with E-state index in [1.807, 2.05) is 0 Å². The second-order valence-corrected chi connectivity index (χ2v) is 4.22. The molecule has 0 aliphatic heterocycles. The number of nitrogens with zero attached hydrogens (tertiary/aromatic N) is 1. The highest BCUT2D eigenvalue weighted by molar-refractivity contribution is 6.66. The Labute approximate surface area is 101 Å². The summed E-state index contributed by atoms with van der Waals surface area (Å²) in [5, 5.41) is 10.7. The van der Waals surface area contributed by atoms with E-state index in [1.165, 1.54) is 12.1 Å². The van der Waals surface area contributed by atoms with E-state index in [9.17, 15) is 10.1 Å². The first-order valence-electron chi connectivity index (χ1n) is 3.89. The highest BCUT2D eigenvalue weighted by Gasteiger charge is 2.11. The third-order valence-corrected chi connectivity index (χ3v) is 2.67. The topological polar surface area (TPSA) is 43.1 Å². The molecule has 1 aromatic rings. The summed E-state index contributed by atoms with van der Waals surface area (Å²) < 4.78 is -0.114. The van der Waals surface area contributed by atoms with Crippen LogP contribution in [-0.4, -0.2) is 4.92 Å². The van der Waals surface area contributed by atoms with E-state index >= 15 is 0 Å². The van der Waals surface area contributed by atoms with Crippen LogP contribution in [0.1, 0.15) is 11.1 Å². The van der Waals surface area contributed by atoms with Gasteiger partial charge in [0.15, 0.2) is 0 Å². The van der Waals surface area contributed by atoms with Crippen LogP contribution in [0.25, 0.3) is 5.03 Å². The van der Waals surface area contributed by atoms with Gasteiger partial charge in [-0.1, -0.05) is 34.8 Å². The molecule has 0 spiro atoms. The van der Waals surface area contributed by atoms with Crippen molar-refractivity contribution in [1.82, 2.24) is 0 Å². The quantitative estimate of drug-likeness (QED) is 0.593. The van der Waals surface area contributed by atoms with Gasteiger partial charge in [-0.15, -0.1) is 0 Å². The van der Waals surface area contributed by atoms with Crippen molar-refractivity contribution in [2.45, 2.75) is 6.92 Å². The van der Waals surface area contributed by atoms with Crippen molar-refractivity contribution in [1.29, 1.82) is 0 Å². The van der Waals surface area contributed by atoms with E-state index in [4.69, 9.17) is 34.8 Å². The van der Waals surface area contributed by atoms with Crippen LogP contribution >= 0.6 is 34.8 Å². The van der Waals surface area contributed by atoms with Crippen LogP contribution in [0.5, 0.6) is 0 Å². The molecule has 0 radical (unpaired) electrons. The van der Waals surface area contributed by atoms with Crippen LogP contribution in [0.15, 0.2) is 22.7 Å². The molecule has 1 rings (SSSR count). The molecule has 0 atom stereocenters. The number of benzene rings is 1. The molecular weight excluding hydrogens is 260 g/mol. The molecule has 0 aliphatic rings. The smallest absolute Gasteiger partial charge is 0.258 e. The molecule has 6 heteroatoms. The van der Waals surface area contributed by atoms with Gasteiger partial charge in [0.1, 0.15) is 4.49 Å². The van der Waals surface area contributed by atoms with Gasteiger partial charge < -0.3 is 0 Å². The number of hydrogen-bond acceptors (Lipinski definition) is 2.